The molecule has 3 atom stereocenters. The summed E-state index contributed by atoms with van der Waals surface area (Å²) >= 11 is 0. The van der Waals surface area contributed by atoms with Crippen LogP contribution in [-0.4, -0.2) is 52.3 Å². The Balaban J connectivity index is 1.80. The number of aliphatic carboxylic acids is 1. The summed E-state index contributed by atoms with van der Waals surface area (Å²) in [5, 5.41) is 8.84. The summed E-state index contributed by atoms with van der Waals surface area (Å²) in [7, 11) is -4.90. The van der Waals surface area contributed by atoms with Crippen LogP contribution in [0, 0.1) is 0 Å². The Labute approximate surface area is 122 Å². The van der Waals surface area contributed by atoms with E-state index in [-0.39, 0.29) is 11.9 Å². The number of fused-ring (bicyclic) bond motifs is 1. The molecule has 2 aromatic heterocycles. The predicted molar refractivity (Wildman–Crippen MR) is 71.7 cm³/mol. The van der Waals surface area contributed by atoms with Gasteiger partial charge in [-0.2, -0.15) is 0 Å². The Hall–Kier alpha value is -2.07. The molecule has 1 aliphatic rings. The first kappa shape index (κ1) is 14.9. The number of carbonyl (C=O) groups is 1. The largest absolute Gasteiger partial charge is 0.479 e. The van der Waals surface area contributed by atoms with Crippen molar-refractivity contribution in [3.8, 4) is 0 Å². The van der Waals surface area contributed by atoms with Crippen LogP contribution in [0.15, 0.2) is 12.7 Å². The zero-order chi connectivity index (χ0) is 16.1. The third-order valence-electron chi connectivity index (χ3n) is 3.26. The zero-order valence-corrected chi connectivity index (χ0v) is 11.9. The molecule has 3 rings (SSSR count). The number of ether oxygens (including phenoxy) is 1. The third-order valence-corrected chi connectivity index (χ3v) is 4.22. The molecule has 0 saturated heterocycles. The van der Waals surface area contributed by atoms with Gasteiger partial charge >= 0.3 is 13.6 Å². The van der Waals surface area contributed by atoms with E-state index in [0.717, 1.165) is 0 Å². The average Bonchev–Trinajstić information content (AvgIpc) is 3.04. The van der Waals surface area contributed by atoms with E-state index in [9.17, 15) is 9.36 Å². The highest BCUT2D eigenvalue weighted by molar-refractivity contribution is 7.53. The maximum atomic E-state index is 11.1. The van der Waals surface area contributed by atoms with Crippen LogP contribution in [0.5, 0.6) is 0 Å². The highest BCUT2D eigenvalue weighted by Gasteiger charge is 2.48. The standard InChI is InChI=1S/C10H12N5O6P/c11-7-6-8(13-2-12-7)15(3-14-6)4-1-5(4)21-10(9(16)17)22(18,19)20/h2-5,10H,1H2,(H,16,17)(H2,11,12,13)(H2,18,19,20). The third kappa shape index (κ3) is 2.55. The SMILES string of the molecule is Nc1ncnc2c1ncn2C1CC1OC(C(=O)O)P(=O)(O)O. The molecular weight excluding hydrogens is 317 g/mol. The minimum absolute atomic E-state index is 0.209. The number of rotatable bonds is 5. The molecule has 0 bridgehead atoms. The van der Waals surface area contributed by atoms with Crippen molar-refractivity contribution in [3.63, 3.8) is 0 Å². The van der Waals surface area contributed by atoms with Gasteiger partial charge in [0.1, 0.15) is 11.8 Å². The van der Waals surface area contributed by atoms with Gasteiger partial charge in [-0.3, -0.25) is 4.57 Å². The second-order valence-corrected chi connectivity index (χ2v) is 6.49. The van der Waals surface area contributed by atoms with Crippen LogP contribution in [0.3, 0.4) is 0 Å². The molecule has 2 heterocycles. The molecule has 0 radical (unpaired) electrons. The van der Waals surface area contributed by atoms with Crippen molar-refractivity contribution in [3.05, 3.63) is 12.7 Å². The van der Waals surface area contributed by atoms with Crippen molar-refractivity contribution in [1.82, 2.24) is 19.5 Å². The number of hydrogen-bond acceptors (Lipinski definition) is 7. The van der Waals surface area contributed by atoms with Gasteiger partial charge in [0.2, 0.25) is 0 Å². The summed E-state index contributed by atoms with van der Waals surface area (Å²) in [5.41, 5.74) is 6.51. The summed E-state index contributed by atoms with van der Waals surface area (Å²) in [6, 6.07) is -0.312. The molecule has 0 spiro atoms. The number of nitrogens with zero attached hydrogens (tertiary/aromatic N) is 4. The monoisotopic (exact) mass is 329 g/mol. The minimum Gasteiger partial charge on any atom is -0.479 e. The van der Waals surface area contributed by atoms with E-state index >= 15 is 0 Å². The van der Waals surface area contributed by atoms with Crippen LogP contribution >= 0.6 is 7.60 Å². The van der Waals surface area contributed by atoms with Gasteiger partial charge in [0.15, 0.2) is 11.5 Å². The molecular formula is C10H12N5O6P. The molecule has 1 aliphatic carbocycles. The summed E-state index contributed by atoms with van der Waals surface area (Å²) in [6.45, 7) is 0. The first-order valence-corrected chi connectivity index (χ1v) is 7.83. The molecule has 11 nitrogen and oxygen atoms in total. The van der Waals surface area contributed by atoms with Crippen molar-refractivity contribution in [2.45, 2.75) is 24.4 Å². The zero-order valence-electron chi connectivity index (χ0n) is 11.0. The van der Waals surface area contributed by atoms with Crippen LogP contribution in [0.2, 0.25) is 0 Å². The number of nitrogens with two attached hydrogens (primary N) is 1. The van der Waals surface area contributed by atoms with Crippen molar-refractivity contribution in [2.24, 2.45) is 0 Å². The number of anilines is 1. The fraction of sp³-hybridized carbons (Fsp3) is 0.400. The molecule has 118 valence electrons. The van der Waals surface area contributed by atoms with Crippen LogP contribution in [0.1, 0.15) is 12.5 Å². The molecule has 3 unspecified atom stereocenters. The van der Waals surface area contributed by atoms with Crippen LogP contribution < -0.4 is 5.73 Å². The molecule has 0 aliphatic heterocycles. The van der Waals surface area contributed by atoms with E-state index in [2.05, 4.69) is 15.0 Å². The molecule has 0 amide bonds. The molecule has 1 saturated carbocycles. The predicted octanol–water partition coefficient (Wildman–Crippen LogP) is -0.673. The van der Waals surface area contributed by atoms with Crippen molar-refractivity contribution in [2.75, 3.05) is 5.73 Å². The number of carboxylic acids is 1. The van der Waals surface area contributed by atoms with Crippen molar-refractivity contribution < 1.29 is 29.0 Å². The van der Waals surface area contributed by atoms with Gasteiger partial charge in [0, 0.05) is 0 Å². The molecule has 1 fully saturated rings. The highest BCUT2D eigenvalue weighted by atomic mass is 31.2. The van der Waals surface area contributed by atoms with E-state index in [0.29, 0.717) is 17.6 Å². The fourth-order valence-corrected chi connectivity index (χ4v) is 2.76. The summed E-state index contributed by atoms with van der Waals surface area (Å²) < 4.78 is 17.8. The maximum Gasteiger partial charge on any atom is 0.365 e. The first-order valence-electron chi connectivity index (χ1n) is 6.15. The second kappa shape index (κ2) is 4.99. The molecule has 22 heavy (non-hydrogen) atoms. The lowest BCUT2D eigenvalue weighted by atomic mass is 10.5. The first-order chi connectivity index (χ1) is 10.3. The van der Waals surface area contributed by atoms with Crippen LogP contribution in [0.4, 0.5) is 5.82 Å². The number of hydrogen-bond donors (Lipinski definition) is 4. The van der Waals surface area contributed by atoms with E-state index in [1.807, 2.05) is 0 Å². The summed E-state index contributed by atoms with van der Waals surface area (Å²) in [5.74, 6) is -3.68. The van der Waals surface area contributed by atoms with Gasteiger partial charge in [0.05, 0.1) is 18.5 Å². The molecule has 0 aromatic carbocycles. The van der Waals surface area contributed by atoms with Crippen LogP contribution in [0.25, 0.3) is 11.2 Å². The second-order valence-electron chi connectivity index (χ2n) is 4.84. The molecule has 5 N–H and O–H groups in total. The lowest BCUT2D eigenvalue weighted by Gasteiger charge is -2.14. The van der Waals surface area contributed by atoms with Gasteiger partial charge in [-0.05, 0) is 6.42 Å². The lowest BCUT2D eigenvalue weighted by Crippen LogP contribution is -2.25. The lowest BCUT2D eigenvalue weighted by molar-refractivity contribution is -0.146. The Kier molecular flexibility index (Phi) is 3.37. The summed E-state index contributed by atoms with van der Waals surface area (Å²) in [4.78, 5) is 40.8. The van der Waals surface area contributed by atoms with Gasteiger partial charge in [-0.25, -0.2) is 19.7 Å². The fourth-order valence-electron chi connectivity index (χ4n) is 2.16. The normalized spacial score (nSPS) is 22.6. The number of aromatic nitrogens is 4. The quantitative estimate of drug-likeness (QED) is 0.515. The molecule has 12 heteroatoms. The smallest absolute Gasteiger partial charge is 0.365 e. The van der Waals surface area contributed by atoms with Crippen LogP contribution in [-0.2, 0) is 14.1 Å². The number of carboxylic acid groups (broad SMARTS) is 1. The maximum absolute atomic E-state index is 11.1. The van der Waals surface area contributed by atoms with E-state index < -0.39 is 25.5 Å². The van der Waals surface area contributed by atoms with Gasteiger partial charge in [0.25, 0.3) is 5.85 Å². The van der Waals surface area contributed by atoms with E-state index in [4.69, 9.17) is 25.4 Å². The summed E-state index contributed by atoms with van der Waals surface area (Å²) in [6.07, 6.45) is 2.46. The van der Waals surface area contributed by atoms with Crippen molar-refractivity contribution in [1.29, 1.82) is 0 Å². The number of nitrogen functional groups attached to an aromatic ring is 1. The highest BCUT2D eigenvalue weighted by Crippen LogP contribution is 2.48. The topological polar surface area (TPSA) is 174 Å². The Morgan fingerprint density at radius 2 is 2.18 bits per heavy atom. The van der Waals surface area contributed by atoms with Gasteiger partial charge < -0.3 is 29.9 Å². The van der Waals surface area contributed by atoms with Gasteiger partial charge in [-0.1, -0.05) is 0 Å². The average molecular weight is 329 g/mol. The number of imidazole rings is 1. The minimum atomic E-state index is -4.90. The van der Waals surface area contributed by atoms with Crippen molar-refractivity contribution >= 4 is 30.5 Å². The molecule has 2 aromatic rings. The Morgan fingerprint density at radius 3 is 2.82 bits per heavy atom. The Morgan fingerprint density at radius 1 is 1.45 bits per heavy atom. The Bertz CT molecular complexity index is 787. The van der Waals surface area contributed by atoms with E-state index in [1.54, 1.807) is 4.57 Å². The van der Waals surface area contributed by atoms with Gasteiger partial charge in [-0.15, -0.1) is 0 Å². The van der Waals surface area contributed by atoms with E-state index in [1.165, 1.54) is 12.7 Å².